The molecule has 0 aliphatic heterocycles. The van der Waals surface area contributed by atoms with E-state index in [1.54, 1.807) is 0 Å². The van der Waals surface area contributed by atoms with Crippen LogP contribution in [0.1, 0.15) is 56.9 Å². The minimum Gasteiger partial charge on any atom is -0.361 e. The zero-order valence-corrected chi connectivity index (χ0v) is 17.2. The molecule has 140 valence electrons. The van der Waals surface area contributed by atoms with Crippen LogP contribution in [0.5, 0.6) is 0 Å². The molecular weight excluding hydrogens is 330 g/mol. The van der Waals surface area contributed by atoms with E-state index in [9.17, 15) is 0 Å². The van der Waals surface area contributed by atoms with Crippen molar-refractivity contribution in [2.24, 2.45) is 0 Å². The number of H-pyrrole nitrogens is 2. The van der Waals surface area contributed by atoms with E-state index in [0.29, 0.717) is 0 Å². The number of rotatable bonds is 3. The van der Waals surface area contributed by atoms with E-state index in [4.69, 9.17) is 0 Å². The van der Waals surface area contributed by atoms with Gasteiger partial charge < -0.3 is 9.97 Å². The Labute approximate surface area is 161 Å². The van der Waals surface area contributed by atoms with Gasteiger partial charge in [0.1, 0.15) is 5.65 Å². The van der Waals surface area contributed by atoms with Crippen LogP contribution < -0.4 is 0 Å². The molecule has 0 saturated heterocycles. The van der Waals surface area contributed by atoms with Gasteiger partial charge in [-0.15, -0.1) is 0 Å². The van der Waals surface area contributed by atoms with Gasteiger partial charge in [0.25, 0.3) is 0 Å². The Morgan fingerprint density at radius 1 is 0.926 bits per heavy atom. The molecule has 0 aliphatic carbocycles. The lowest BCUT2D eigenvalue weighted by Crippen LogP contribution is -2.21. The fourth-order valence-corrected chi connectivity index (χ4v) is 4.60. The first-order valence-electron chi connectivity index (χ1n) is 9.71. The van der Waals surface area contributed by atoms with E-state index in [1.165, 1.54) is 38.5 Å². The maximum absolute atomic E-state index is 4.45. The molecule has 3 heterocycles. The summed E-state index contributed by atoms with van der Waals surface area (Å²) in [5, 5.41) is 2.56. The van der Waals surface area contributed by atoms with Gasteiger partial charge in [-0.1, -0.05) is 46.8 Å². The lowest BCUT2D eigenvalue weighted by Gasteiger charge is -2.26. The molecule has 0 amide bonds. The molecule has 0 bridgehead atoms. The molecule has 3 nitrogen and oxygen atoms in total. The summed E-state index contributed by atoms with van der Waals surface area (Å²) in [7, 11) is 0. The predicted molar refractivity (Wildman–Crippen MR) is 115 cm³/mol. The summed E-state index contributed by atoms with van der Waals surface area (Å²) in [5.74, 6) is 0. The van der Waals surface area contributed by atoms with Crippen LogP contribution in [-0.2, 0) is 17.3 Å². The minimum absolute atomic E-state index is 0.00525. The maximum Gasteiger partial charge on any atom is 0.137 e. The lowest BCUT2D eigenvalue weighted by molar-refractivity contribution is 0.528. The van der Waals surface area contributed by atoms with Crippen LogP contribution in [0.15, 0.2) is 42.9 Å². The molecule has 0 unspecified atom stereocenters. The number of aromatic amines is 2. The molecule has 4 rings (SSSR count). The van der Waals surface area contributed by atoms with Crippen LogP contribution in [0.25, 0.3) is 21.9 Å². The summed E-state index contributed by atoms with van der Waals surface area (Å²) < 4.78 is 0. The van der Waals surface area contributed by atoms with Crippen LogP contribution in [0, 0.1) is 6.92 Å². The second-order valence-electron chi connectivity index (χ2n) is 9.40. The van der Waals surface area contributed by atoms with Crippen molar-refractivity contribution in [1.29, 1.82) is 0 Å². The van der Waals surface area contributed by atoms with Gasteiger partial charge in [-0.25, -0.2) is 4.98 Å². The topological polar surface area (TPSA) is 44.5 Å². The number of aryl methyl sites for hydroxylation is 1. The zero-order chi connectivity index (χ0) is 19.4. The van der Waals surface area contributed by atoms with Crippen LogP contribution in [0.4, 0.5) is 0 Å². The van der Waals surface area contributed by atoms with Crippen molar-refractivity contribution >= 4 is 21.9 Å². The molecule has 0 radical (unpaired) electrons. The van der Waals surface area contributed by atoms with E-state index >= 15 is 0 Å². The normalized spacial score (nSPS) is 13.0. The summed E-state index contributed by atoms with van der Waals surface area (Å²) in [5.41, 5.74) is 7.86. The third kappa shape index (κ3) is 2.95. The number of fused-ring (bicyclic) bond motifs is 2. The second-order valence-corrected chi connectivity index (χ2v) is 9.40. The SMILES string of the molecule is Cc1ccc2c(CC(C)(C)c3ccnc4[nH]ccc34)c[nH]c2c1C(C)(C)C. The van der Waals surface area contributed by atoms with Crippen molar-refractivity contribution in [3.8, 4) is 0 Å². The molecule has 0 atom stereocenters. The Kier molecular flexibility index (Phi) is 3.95. The fraction of sp³-hybridized carbons (Fsp3) is 0.375. The minimum atomic E-state index is 0.00525. The van der Waals surface area contributed by atoms with Crippen molar-refractivity contribution in [3.05, 3.63) is 65.1 Å². The first kappa shape index (κ1) is 17.8. The van der Waals surface area contributed by atoms with Gasteiger partial charge in [0.05, 0.1) is 0 Å². The van der Waals surface area contributed by atoms with E-state index in [2.05, 4.69) is 87.0 Å². The molecule has 0 spiro atoms. The average molecular weight is 360 g/mol. The predicted octanol–water partition coefficient (Wildman–Crippen LogP) is 6.17. The van der Waals surface area contributed by atoms with Gasteiger partial charge in [-0.05, 0) is 58.6 Å². The van der Waals surface area contributed by atoms with Gasteiger partial charge in [0.2, 0.25) is 0 Å². The zero-order valence-electron chi connectivity index (χ0n) is 17.2. The number of nitrogens with zero attached hydrogens (tertiary/aromatic N) is 1. The average Bonchev–Trinajstić information content (AvgIpc) is 3.19. The first-order chi connectivity index (χ1) is 12.7. The monoisotopic (exact) mass is 359 g/mol. The van der Waals surface area contributed by atoms with Crippen molar-refractivity contribution in [2.75, 3.05) is 0 Å². The number of hydrogen-bond donors (Lipinski definition) is 2. The maximum atomic E-state index is 4.45. The summed E-state index contributed by atoms with van der Waals surface area (Å²) in [6, 6.07) is 8.84. The Morgan fingerprint density at radius 3 is 2.44 bits per heavy atom. The second kappa shape index (κ2) is 5.98. The first-order valence-corrected chi connectivity index (χ1v) is 9.71. The van der Waals surface area contributed by atoms with Gasteiger partial charge in [-0.3, -0.25) is 0 Å². The van der Waals surface area contributed by atoms with Crippen molar-refractivity contribution in [2.45, 2.75) is 58.8 Å². The van der Waals surface area contributed by atoms with E-state index in [0.717, 1.165) is 12.1 Å². The highest BCUT2D eigenvalue weighted by atomic mass is 14.8. The molecule has 1 aromatic carbocycles. The largest absolute Gasteiger partial charge is 0.361 e. The van der Waals surface area contributed by atoms with Crippen LogP contribution in [0.2, 0.25) is 0 Å². The summed E-state index contributed by atoms with van der Waals surface area (Å²) in [6.45, 7) is 13.7. The van der Waals surface area contributed by atoms with Crippen LogP contribution in [-0.4, -0.2) is 15.0 Å². The fourth-order valence-electron chi connectivity index (χ4n) is 4.60. The smallest absolute Gasteiger partial charge is 0.137 e. The quantitative estimate of drug-likeness (QED) is 0.451. The van der Waals surface area contributed by atoms with Gasteiger partial charge in [0, 0.05) is 34.9 Å². The molecule has 4 aromatic rings. The Bertz CT molecular complexity index is 1120. The molecule has 0 aliphatic rings. The Balaban J connectivity index is 1.81. The molecule has 0 fully saturated rings. The summed E-state index contributed by atoms with van der Waals surface area (Å²) >= 11 is 0. The Hall–Kier alpha value is -2.55. The molecule has 3 heteroatoms. The van der Waals surface area contributed by atoms with Crippen molar-refractivity contribution in [3.63, 3.8) is 0 Å². The van der Waals surface area contributed by atoms with Crippen LogP contribution in [0.3, 0.4) is 0 Å². The lowest BCUT2D eigenvalue weighted by atomic mass is 9.77. The van der Waals surface area contributed by atoms with Crippen molar-refractivity contribution in [1.82, 2.24) is 15.0 Å². The van der Waals surface area contributed by atoms with E-state index < -0.39 is 0 Å². The van der Waals surface area contributed by atoms with Gasteiger partial charge >= 0.3 is 0 Å². The highest BCUT2D eigenvalue weighted by Crippen LogP contribution is 2.37. The molecule has 27 heavy (non-hydrogen) atoms. The molecular formula is C24H29N3. The third-order valence-corrected chi connectivity index (χ3v) is 5.72. The highest BCUT2D eigenvalue weighted by Gasteiger charge is 2.27. The van der Waals surface area contributed by atoms with Crippen molar-refractivity contribution < 1.29 is 0 Å². The van der Waals surface area contributed by atoms with Gasteiger partial charge in [0.15, 0.2) is 0 Å². The number of aromatic nitrogens is 3. The standard InChI is InChI=1S/C24H29N3/c1-15-7-8-17-16(14-27-21(17)20(15)23(2,3)4)13-24(5,6)19-10-12-26-22-18(19)9-11-25-22/h7-12,14,27H,13H2,1-6H3,(H,25,26). The molecule has 3 aromatic heterocycles. The van der Waals surface area contributed by atoms with E-state index in [1.807, 2.05) is 12.4 Å². The van der Waals surface area contributed by atoms with E-state index in [-0.39, 0.29) is 10.8 Å². The van der Waals surface area contributed by atoms with Crippen LogP contribution >= 0.6 is 0 Å². The number of benzene rings is 1. The highest BCUT2D eigenvalue weighted by molar-refractivity contribution is 5.88. The third-order valence-electron chi connectivity index (χ3n) is 5.72. The number of pyridine rings is 1. The molecule has 2 N–H and O–H groups in total. The number of hydrogen-bond acceptors (Lipinski definition) is 1. The Morgan fingerprint density at radius 2 is 1.70 bits per heavy atom. The molecule has 0 saturated carbocycles. The number of nitrogens with one attached hydrogen (secondary N) is 2. The summed E-state index contributed by atoms with van der Waals surface area (Å²) in [4.78, 5) is 11.3. The van der Waals surface area contributed by atoms with Gasteiger partial charge in [-0.2, -0.15) is 0 Å². The summed E-state index contributed by atoms with van der Waals surface area (Å²) in [6.07, 6.45) is 7.06.